The fourth-order valence-corrected chi connectivity index (χ4v) is 5.06. The fraction of sp³-hybridized carbons (Fsp3) is 0.429. The number of ether oxygens (including phenoxy) is 1. The van der Waals surface area contributed by atoms with E-state index >= 15 is 0 Å². The maximum absolute atomic E-state index is 13.8. The number of alkyl halides is 3. The van der Waals surface area contributed by atoms with Crippen LogP contribution in [0.15, 0.2) is 66.2 Å². The van der Waals surface area contributed by atoms with Gasteiger partial charge in [-0.3, -0.25) is 24.3 Å². The molecule has 1 aliphatic carbocycles. The molecular formula is C35H43ClF3N9O3. The van der Waals surface area contributed by atoms with E-state index < -0.39 is 24.8 Å². The van der Waals surface area contributed by atoms with Gasteiger partial charge in [-0.2, -0.15) is 23.4 Å². The van der Waals surface area contributed by atoms with Crippen molar-refractivity contribution in [2.75, 3.05) is 6.61 Å². The van der Waals surface area contributed by atoms with Crippen molar-refractivity contribution in [1.82, 2.24) is 29.9 Å². The summed E-state index contributed by atoms with van der Waals surface area (Å²) < 4.78 is 45.2. The molecule has 0 saturated heterocycles. The molecule has 12 nitrogen and oxygen atoms in total. The number of nitrogens with two attached hydrogens (primary N) is 2. The van der Waals surface area contributed by atoms with E-state index in [0.29, 0.717) is 38.5 Å². The second kappa shape index (κ2) is 16.1. The summed E-state index contributed by atoms with van der Waals surface area (Å²) in [6.45, 7) is 9.96. The van der Waals surface area contributed by atoms with Crippen molar-refractivity contribution < 1.29 is 27.5 Å². The van der Waals surface area contributed by atoms with Crippen molar-refractivity contribution >= 4 is 29.9 Å². The van der Waals surface area contributed by atoms with Gasteiger partial charge in [-0.25, -0.2) is 9.98 Å². The molecular weight excluding hydrogens is 687 g/mol. The van der Waals surface area contributed by atoms with Crippen LogP contribution >= 0.6 is 11.6 Å². The summed E-state index contributed by atoms with van der Waals surface area (Å²) in [5.74, 6) is 0.198. The van der Waals surface area contributed by atoms with Gasteiger partial charge >= 0.3 is 6.18 Å². The number of aromatic amines is 1. The van der Waals surface area contributed by atoms with Crippen LogP contribution in [0.1, 0.15) is 77.1 Å². The largest absolute Gasteiger partial charge is 0.408 e. The van der Waals surface area contributed by atoms with E-state index in [1.165, 1.54) is 30.0 Å². The number of amides is 2. The maximum Gasteiger partial charge on any atom is 0.408 e. The van der Waals surface area contributed by atoms with Gasteiger partial charge in [-0.1, -0.05) is 76.0 Å². The summed E-state index contributed by atoms with van der Waals surface area (Å²) in [4.78, 5) is 32.6. The van der Waals surface area contributed by atoms with Crippen molar-refractivity contribution in [3.8, 4) is 22.5 Å². The molecule has 1 saturated carbocycles. The number of hydrogen-bond acceptors (Lipinski definition) is 8. The van der Waals surface area contributed by atoms with E-state index in [-0.39, 0.29) is 30.5 Å². The minimum Gasteiger partial charge on any atom is -0.373 e. The van der Waals surface area contributed by atoms with E-state index in [4.69, 9.17) is 26.9 Å². The number of nitrogens with zero attached hydrogens (tertiary/aromatic N) is 6. The summed E-state index contributed by atoms with van der Waals surface area (Å²) in [6, 6.07) is 10.7. The van der Waals surface area contributed by atoms with Gasteiger partial charge in [0.05, 0.1) is 29.5 Å². The number of H-pyrrole nitrogens is 1. The Morgan fingerprint density at radius 2 is 1.78 bits per heavy atom. The van der Waals surface area contributed by atoms with Gasteiger partial charge in [0.15, 0.2) is 17.8 Å². The second-order valence-electron chi connectivity index (χ2n) is 13.7. The molecule has 0 spiro atoms. The molecule has 51 heavy (non-hydrogen) atoms. The predicted octanol–water partition coefficient (Wildman–Crippen LogP) is 6.60. The fourth-order valence-electron chi connectivity index (χ4n) is 4.85. The number of benzene rings is 2. The number of hydrogen-bond donors (Lipinski definition) is 3. The van der Waals surface area contributed by atoms with E-state index in [1.54, 1.807) is 30.3 Å². The van der Waals surface area contributed by atoms with Crippen LogP contribution in [0.3, 0.4) is 0 Å². The van der Waals surface area contributed by atoms with Crippen LogP contribution in [-0.2, 0) is 20.9 Å². The molecule has 2 atom stereocenters. The first-order chi connectivity index (χ1) is 24.0. The Morgan fingerprint density at radius 1 is 1.14 bits per heavy atom. The van der Waals surface area contributed by atoms with Crippen molar-refractivity contribution in [2.45, 2.75) is 84.3 Å². The zero-order valence-electron chi connectivity index (χ0n) is 29.1. The lowest BCUT2D eigenvalue weighted by Gasteiger charge is -2.30. The van der Waals surface area contributed by atoms with Crippen molar-refractivity contribution in [1.29, 1.82) is 0 Å². The number of halogens is 4. The molecule has 0 bridgehead atoms. The molecule has 2 aromatic heterocycles. The highest BCUT2D eigenvalue weighted by molar-refractivity contribution is 6.33. The molecule has 274 valence electrons. The minimum atomic E-state index is -4.37. The van der Waals surface area contributed by atoms with Crippen molar-refractivity contribution in [3.63, 3.8) is 0 Å². The molecule has 2 aliphatic rings. The second-order valence-corrected chi connectivity index (χ2v) is 14.1. The molecule has 2 aromatic carbocycles. The minimum absolute atomic E-state index is 0.0493. The molecule has 5 N–H and O–H groups in total. The average Bonchev–Trinajstić information content (AvgIpc) is 3.41. The Kier molecular flexibility index (Phi) is 12.3. The molecule has 1 fully saturated rings. The normalized spacial score (nSPS) is 17.1. The first kappa shape index (κ1) is 39.0. The predicted molar refractivity (Wildman–Crippen MR) is 188 cm³/mol. The molecule has 2 amide bonds. The van der Waals surface area contributed by atoms with Gasteiger partial charge in [-0.15, -0.1) is 0 Å². The number of primary amides is 1. The van der Waals surface area contributed by atoms with Gasteiger partial charge < -0.3 is 16.2 Å². The Morgan fingerprint density at radius 3 is 2.33 bits per heavy atom. The van der Waals surface area contributed by atoms with Crippen LogP contribution in [0.4, 0.5) is 13.2 Å². The number of aromatic nitrogens is 5. The first-order valence-electron chi connectivity index (χ1n) is 16.3. The highest BCUT2D eigenvalue weighted by atomic mass is 35.5. The summed E-state index contributed by atoms with van der Waals surface area (Å²) in [7, 11) is 0. The van der Waals surface area contributed by atoms with Crippen LogP contribution in [0.2, 0.25) is 5.02 Å². The zero-order chi connectivity index (χ0) is 37.6. The lowest BCUT2D eigenvalue weighted by Crippen LogP contribution is -2.43. The summed E-state index contributed by atoms with van der Waals surface area (Å²) >= 11 is 6.46. The number of aliphatic imine (C=N–C) groups is 1. The standard InChI is InChI=1S/C28H26ClF3N8O2.C6H14.CH3NO/c1-27(8-9-27)42-13-22(18-6-7-21(29)20(10-18)24-34-15-35-38-24)40-25(41)23(37-26(40)33)17-4-2-16(3-5-17)19-11-36-39(12-19)14-28(30,31)32;1-5-6(2,3)4;2-1-3/h2-7,10-12,15,22-23H,8-9,13-14H2,1H3,(H2,33,37)(H,34,35,38);5H2,1-4H3;1H,(H2,2,3)/t22-,23-;;/m1../s1. The highest BCUT2D eigenvalue weighted by Gasteiger charge is 2.43. The van der Waals surface area contributed by atoms with Gasteiger partial charge in [0.25, 0.3) is 5.91 Å². The lowest BCUT2D eigenvalue weighted by atomic mass is 9.94. The van der Waals surface area contributed by atoms with Crippen molar-refractivity contribution in [3.05, 3.63) is 77.3 Å². The third kappa shape index (κ3) is 10.6. The van der Waals surface area contributed by atoms with Crippen LogP contribution in [0.25, 0.3) is 22.5 Å². The van der Waals surface area contributed by atoms with Gasteiger partial charge in [0, 0.05) is 17.3 Å². The van der Waals surface area contributed by atoms with E-state index in [9.17, 15) is 18.0 Å². The van der Waals surface area contributed by atoms with Crippen LogP contribution in [0, 0.1) is 5.41 Å². The molecule has 4 aromatic rings. The van der Waals surface area contributed by atoms with E-state index in [1.807, 2.05) is 19.1 Å². The number of carbonyl (C=O) groups is 2. The number of rotatable bonds is 9. The van der Waals surface area contributed by atoms with Crippen LogP contribution < -0.4 is 11.5 Å². The van der Waals surface area contributed by atoms with Crippen LogP contribution in [0.5, 0.6) is 0 Å². The number of nitrogens with one attached hydrogen (secondary N) is 1. The monoisotopic (exact) mass is 729 g/mol. The summed E-state index contributed by atoms with van der Waals surface area (Å²) in [5.41, 5.74) is 13.9. The molecule has 3 heterocycles. The zero-order valence-corrected chi connectivity index (χ0v) is 29.9. The number of carbonyl (C=O) groups excluding carboxylic acids is 2. The van der Waals surface area contributed by atoms with Gasteiger partial charge in [0.2, 0.25) is 6.41 Å². The Balaban J connectivity index is 0.000000580. The molecule has 16 heteroatoms. The molecule has 0 radical (unpaired) electrons. The van der Waals surface area contributed by atoms with Crippen LogP contribution in [-0.4, -0.2) is 66.5 Å². The topological polar surface area (TPSA) is 170 Å². The third-order valence-corrected chi connectivity index (χ3v) is 8.80. The average molecular weight is 730 g/mol. The molecule has 0 unspecified atom stereocenters. The third-order valence-electron chi connectivity index (χ3n) is 8.48. The maximum atomic E-state index is 13.8. The van der Waals surface area contributed by atoms with Crippen molar-refractivity contribution in [2.24, 2.45) is 21.9 Å². The first-order valence-corrected chi connectivity index (χ1v) is 16.7. The Bertz CT molecular complexity index is 1800. The quantitative estimate of drug-likeness (QED) is 0.163. The van der Waals surface area contributed by atoms with Gasteiger partial charge in [0.1, 0.15) is 12.9 Å². The highest BCUT2D eigenvalue weighted by Crippen LogP contribution is 2.41. The summed E-state index contributed by atoms with van der Waals surface area (Å²) in [5, 5.41) is 11.0. The van der Waals surface area contributed by atoms with E-state index in [2.05, 4.69) is 58.7 Å². The Hall–Kier alpha value is -4.76. The lowest BCUT2D eigenvalue weighted by molar-refractivity contribution is -0.142. The summed E-state index contributed by atoms with van der Waals surface area (Å²) in [6.07, 6.45) is 3.06. The molecule has 6 rings (SSSR count). The molecule has 1 aliphatic heterocycles. The van der Waals surface area contributed by atoms with E-state index in [0.717, 1.165) is 23.1 Å². The smallest absolute Gasteiger partial charge is 0.373 e. The van der Waals surface area contributed by atoms with Gasteiger partial charge in [-0.05, 0) is 54.0 Å². The number of guanidine groups is 1. The SMILES string of the molecule is CC1(OC[C@H](c2ccc(Cl)c(-c3ncn[nH]3)c2)N2C(=O)[C@@H](c3ccc(-c4cnn(CC(F)(F)F)c4)cc3)N=C2N)CC1.CCC(C)(C)C.NC=O. The Labute approximate surface area is 299 Å².